The highest BCUT2D eigenvalue weighted by atomic mass is 16.5. The smallest absolute Gasteiger partial charge is 0.124 e. The number of nitrogens with one attached hydrogen (secondary N) is 1. The van der Waals surface area contributed by atoms with E-state index in [9.17, 15) is 5.11 Å². The van der Waals surface area contributed by atoms with E-state index in [1.807, 2.05) is 6.07 Å². The molecule has 3 rings (SSSR count). The van der Waals surface area contributed by atoms with Crippen molar-refractivity contribution >= 4 is 0 Å². The quantitative estimate of drug-likeness (QED) is 0.887. The maximum absolute atomic E-state index is 10.0. The molecule has 110 valence electrons. The van der Waals surface area contributed by atoms with E-state index in [-0.39, 0.29) is 17.6 Å². The van der Waals surface area contributed by atoms with Crippen LogP contribution in [0.2, 0.25) is 0 Å². The molecule has 20 heavy (non-hydrogen) atoms. The molecule has 1 aliphatic heterocycles. The zero-order valence-corrected chi connectivity index (χ0v) is 12.4. The van der Waals surface area contributed by atoms with Crippen molar-refractivity contribution in [2.45, 2.75) is 57.3 Å². The van der Waals surface area contributed by atoms with Crippen LogP contribution in [0.25, 0.3) is 0 Å². The fraction of sp³-hybridized carbons (Fsp3) is 0.647. The van der Waals surface area contributed by atoms with Crippen LogP contribution in [-0.2, 0) is 0 Å². The molecule has 1 heterocycles. The molecule has 1 spiro atoms. The van der Waals surface area contributed by atoms with Crippen LogP contribution in [0.15, 0.2) is 24.3 Å². The molecule has 3 nitrogen and oxygen atoms in total. The third-order valence-corrected chi connectivity index (χ3v) is 4.80. The summed E-state index contributed by atoms with van der Waals surface area (Å²) in [6.45, 7) is 4.75. The monoisotopic (exact) mass is 275 g/mol. The molecule has 2 aliphatic rings. The molecule has 1 saturated carbocycles. The summed E-state index contributed by atoms with van der Waals surface area (Å²) in [6.07, 6.45) is 4.32. The van der Waals surface area contributed by atoms with E-state index < -0.39 is 0 Å². The maximum Gasteiger partial charge on any atom is 0.124 e. The Labute approximate surface area is 121 Å². The summed E-state index contributed by atoms with van der Waals surface area (Å²) in [7, 11) is 0. The minimum atomic E-state index is -0.289. The van der Waals surface area contributed by atoms with Gasteiger partial charge in [-0.25, -0.2) is 0 Å². The van der Waals surface area contributed by atoms with Gasteiger partial charge in [0.1, 0.15) is 11.4 Å². The number of hydrogen-bond acceptors (Lipinski definition) is 3. The second kappa shape index (κ2) is 5.38. The molecule has 2 N–H and O–H groups in total. The first-order chi connectivity index (χ1) is 9.60. The first-order valence-electron chi connectivity index (χ1n) is 7.79. The zero-order valence-electron chi connectivity index (χ0n) is 12.4. The Bertz CT molecular complexity index is 468. The van der Waals surface area contributed by atoms with Gasteiger partial charge in [0.15, 0.2) is 0 Å². The van der Waals surface area contributed by atoms with Gasteiger partial charge in [-0.1, -0.05) is 32.0 Å². The van der Waals surface area contributed by atoms with Gasteiger partial charge in [0.05, 0.1) is 6.10 Å². The molecule has 3 heteroatoms. The molecule has 0 amide bonds. The summed E-state index contributed by atoms with van der Waals surface area (Å²) in [5, 5.41) is 13.6. The minimum Gasteiger partial charge on any atom is -0.487 e. The van der Waals surface area contributed by atoms with Crippen molar-refractivity contribution in [1.82, 2.24) is 5.32 Å². The molecule has 0 bridgehead atoms. The van der Waals surface area contributed by atoms with Crippen LogP contribution in [0.1, 0.15) is 51.1 Å². The molecule has 0 radical (unpaired) electrons. The molecule has 1 aromatic rings. The number of para-hydroxylation sites is 1. The fourth-order valence-electron chi connectivity index (χ4n) is 3.18. The summed E-state index contributed by atoms with van der Waals surface area (Å²) in [4.78, 5) is 0. The van der Waals surface area contributed by atoms with Gasteiger partial charge < -0.3 is 15.2 Å². The van der Waals surface area contributed by atoms with Crippen molar-refractivity contribution in [1.29, 1.82) is 0 Å². The normalized spacial score (nSPS) is 24.9. The predicted octanol–water partition coefficient (Wildman–Crippen LogP) is 3.04. The Morgan fingerprint density at radius 3 is 2.75 bits per heavy atom. The second-order valence-electron chi connectivity index (χ2n) is 6.65. The van der Waals surface area contributed by atoms with Crippen molar-refractivity contribution in [3.63, 3.8) is 0 Å². The van der Waals surface area contributed by atoms with E-state index in [1.54, 1.807) is 0 Å². The van der Waals surface area contributed by atoms with E-state index >= 15 is 0 Å². The van der Waals surface area contributed by atoms with Gasteiger partial charge >= 0.3 is 0 Å². The van der Waals surface area contributed by atoms with Crippen LogP contribution in [-0.4, -0.2) is 23.4 Å². The number of aliphatic hydroxyl groups excluding tert-OH is 1. The van der Waals surface area contributed by atoms with Crippen molar-refractivity contribution in [3.05, 3.63) is 29.8 Å². The Balaban J connectivity index is 1.75. The van der Waals surface area contributed by atoms with E-state index in [1.165, 1.54) is 12.0 Å². The van der Waals surface area contributed by atoms with Gasteiger partial charge in [0, 0.05) is 24.6 Å². The lowest BCUT2D eigenvalue weighted by molar-refractivity contribution is -0.0383. The lowest BCUT2D eigenvalue weighted by Crippen LogP contribution is -2.49. The van der Waals surface area contributed by atoms with Gasteiger partial charge in [-0.3, -0.25) is 0 Å². The summed E-state index contributed by atoms with van der Waals surface area (Å²) >= 11 is 0. The summed E-state index contributed by atoms with van der Waals surface area (Å²) in [6, 6.07) is 8.61. The largest absolute Gasteiger partial charge is 0.487 e. The van der Waals surface area contributed by atoms with E-state index in [0.29, 0.717) is 12.6 Å². The van der Waals surface area contributed by atoms with Crippen molar-refractivity contribution < 1.29 is 9.84 Å². The number of fused-ring (bicyclic) bond motifs is 1. The van der Waals surface area contributed by atoms with Gasteiger partial charge in [0.25, 0.3) is 0 Å². The van der Waals surface area contributed by atoms with E-state index in [2.05, 4.69) is 37.4 Å². The number of hydrogen-bond donors (Lipinski definition) is 2. The lowest BCUT2D eigenvalue weighted by Gasteiger charge is -2.48. The van der Waals surface area contributed by atoms with E-state index in [4.69, 9.17) is 4.74 Å². The third kappa shape index (κ3) is 2.57. The molecule has 1 fully saturated rings. The Morgan fingerprint density at radius 1 is 1.35 bits per heavy atom. The average Bonchev–Trinajstić information content (AvgIpc) is 2.42. The zero-order chi connectivity index (χ0) is 14.2. The number of ether oxygens (including phenoxy) is 1. The van der Waals surface area contributed by atoms with E-state index in [0.717, 1.165) is 25.0 Å². The van der Waals surface area contributed by atoms with Gasteiger partial charge in [-0.2, -0.15) is 0 Å². The first kappa shape index (κ1) is 13.9. The highest BCUT2D eigenvalue weighted by molar-refractivity contribution is 5.39. The van der Waals surface area contributed by atoms with Crippen LogP contribution in [0, 0.1) is 5.92 Å². The molecule has 1 aliphatic carbocycles. The standard InChI is InChI=1S/C17H25NO2/c1-12(2)15(19)11-18-14-10-17(8-5-9-17)20-16-7-4-3-6-13(14)16/h3-4,6-7,12,14-15,18-19H,5,8-11H2,1-2H3. The summed E-state index contributed by atoms with van der Waals surface area (Å²) in [5.74, 6) is 1.31. The van der Waals surface area contributed by atoms with Crippen molar-refractivity contribution in [3.8, 4) is 5.75 Å². The Morgan fingerprint density at radius 2 is 2.10 bits per heavy atom. The van der Waals surface area contributed by atoms with Gasteiger partial charge in [0.2, 0.25) is 0 Å². The fourth-order valence-corrected chi connectivity index (χ4v) is 3.18. The van der Waals surface area contributed by atoms with Crippen LogP contribution in [0.4, 0.5) is 0 Å². The average molecular weight is 275 g/mol. The highest BCUT2D eigenvalue weighted by Gasteiger charge is 2.45. The number of benzene rings is 1. The minimum absolute atomic E-state index is 0.0504. The molecule has 0 aromatic heterocycles. The topological polar surface area (TPSA) is 41.5 Å². The first-order valence-corrected chi connectivity index (χ1v) is 7.79. The third-order valence-electron chi connectivity index (χ3n) is 4.80. The Kier molecular flexibility index (Phi) is 3.74. The maximum atomic E-state index is 10.0. The number of rotatable bonds is 4. The molecular weight excluding hydrogens is 250 g/mol. The number of aliphatic hydroxyl groups is 1. The Hall–Kier alpha value is -1.06. The summed E-state index contributed by atoms with van der Waals surface area (Å²) < 4.78 is 6.24. The SMILES string of the molecule is CC(C)C(O)CNC1CC2(CCC2)Oc2ccccc21. The molecular formula is C17H25NO2. The van der Waals surface area contributed by atoms with Crippen LogP contribution in [0.3, 0.4) is 0 Å². The van der Waals surface area contributed by atoms with Crippen molar-refractivity contribution in [2.24, 2.45) is 5.92 Å². The predicted molar refractivity (Wildman–Crippen MR) is 79.9 cm³/mol. The lowest BCUT2D eigenvalue weighted by atomic mass is 9.73. The van der Waals surface area contributed by atoms with Crippen LogP contribution >= 0.6 is 0 Å². The van der Waals surface area contributed by atoms with Crippen molar-refractivity contribution in [2.75, 3.05) is 6.54 Å². The van der Waals surface area contributed by atoms with Crippen LogP contribution in [0.5, 0.6) is 5.75 Å². The van der Waals surface area contributed by atoms with Crippen LogP contribution < -0.4 is 10.1 Å². The molecule has 2 unspecified atom stereocenters. The second-order valence-corrected chi connectivity index (χ2v) is 6.65. The molecule has 0 saturated heterocycles. The highest BCUT2D eigenvalue weighted by Crippen LogP contribution is 2.48. The summed E-state index contributed by atoms with van der Waals surface area (Å²) in [5.41, 5.74) is 1.29. The molecule has 2 atom stereocenters. The molecule has 1 aromatic carbocycles. The van der Waals surface area contributed by atoms with Gasteiger partial charge in [-0.15, -0.1) is 0 Å². The van der Waals surface area contributed by atoms with Gasteiger partial charge in [-0.05, 0) is 31.2 Å².